The Morgan fingerprint density at radius 3 is 1.80 bits per heavy atom. The Labute approximate surface area is 221 Å². The van der Waals surface area contributed by atoms with Gasteiger partial charge in [0.2, 0.25) is 0 Å². The van der Waals surface area contributed by atoms with Crippen molar-refractivity contribution in [1.82, 2.24) is 0 Å². The van der Waals surface area contributed by atoms with E-state index >= 15 is 0 Å². The molecule has 35 heavy (non-hydrogen) atoms. The van der Waals surface area contributed by atoms with Gasteiger partial charge in [0.15, 0.2) is 5.12 Å². The van der Waals surface area contributed by atoms with Gasteiger partial charge >= 0.3 is 0 Å². The lowest BCUT2D eigenvalue weighted by Crippen LogP contribution is -2.14. The van der Waals surface area contributed by atoms with Gasteiger partial charge in [-0.3, -0.25) is 4.79 Å². The number of benzene rings is 1. The molecule has 202 valence electrons. The van der Waals surface area contributed by atoms with Crippen LogP contribution in [0.5, 0.6) is 0 Å². The summed E-state index contributed by atoms with van der Waals surface area (Å²) in [6, 6.07) is 10.2. The van der Waals surface area contributed by atoms with E-state index in [0.717, 1.165) is 19.4 Å². The van der Waals surface area contributed by atoms with Crippen LogP contribution in [0.1, 0.15) is 122 Å². The Morgan fingerprint density at radius 1 is 0.771 bits per heavy atom. The first-order valence-electron chi connectivity index (χ1n) is 14.6. The maximum atomic E-state index is 12.1. The highest BCUT2D eigenvalue weighted by molar-refractivity contribution is 8.13. The van der Waals surface area contributed by atoms with E-state index < -0.39 is 0 Å². The van der Waals surface area contributed by atoms with Gasteiger partial charge < -0.3 is 9.84 Å². The van der Waals surface area contributed by atoms with Gasteiger partial charge in [-0.25, -0.2) is 0 Å². The number of unbranched alkanes of at least 4 members (excludes halogenated alkanes) is 15. The Kier molecular flexibility index (Phi) is 22.8. The third kappa shape index (κ3) is 21.0. The fourth-order valence-corrected chi connectivity index (χ4v) is 5.29. The molecule has 1 aromatic carbocycles. The molecule has 0 fully saturated rings. The highest BCUT2D eigenvalue weighted by atomic mass is 32.2. The molecule has 0 aliphatic rings. The summed E-state index contributed by atoms with van der Waals surface area (Å²) in [5.74, 6) is 0.793. The number of hydrogen-bond donors (Lipinski definition) is 1. The van der Waals surface area contributed by atoms with Crippen LogP contribution in [0.15, 0.2) is 30.3 Å². The van der Waals surface area contributed by atoms with Gasteiger partial charge in [-0.05, 0) is 24.3 Å². The summed E-state index contributed by atoms with van der Waals surface area (Å²) < 4.78 is 5.67. The number of carbonyl (C=O) groups excluding carboxylic acids is 1. The molecule has 0 aliphatic carbocycles. The molecule has 0 aromatic heterocycles. The summed E-state index contributed by atoms with van der Waals surface area (Å²) in [5, 5.41) is 9.77. The Morgan fingerprint density at radius 2 is 1.29 bits per heavy atom. The lowest BCUT2D eigenvalue weighted by Gasteiger charge is -2.13. The number of ether oxygens (including phenoxy) is 1. The molecule has 0 aliphatic heterocycles. The molecule has 1 N–H and O–H groups in total. The van der Waals surface area contributed by atoms with E-state index in [1.165, 1.54) is 114 Å². The minimum atomic E-state index is 0.116. The zero-order valence-corrected chi connectivity index (χ0v) is 23.5. The largest absolute Gasteiger partial charge is 0.396 e. The normalized spacial score (nSPS) is 12.2. The number of aliphatic hydroxyl groups excluding tert-OH is 1. The first-order valence-corrected chi connectivity index (χ1v) is 15.6. The standard InChI is InChI=1S/C31H54O3S/c1-2-3-4-5-6-7-8-9-10-11-12-13-14-15-16-20-24-34-25-23-31(33)35-28-30(27-32)26-29-21-18-17-19-22-29/h17-19,21-22,30,32H,2-16,20,23-28H2,1H3. The SMILES string of the molecule is CCCCCCCCCCCCCCCCCCOCCC(=O)SCC(CO)Cc1ccccc1. The fraction of sp³-hybridized carbons (Fsp3) is 0.774. The molecule has 0 saturated heterocycles. The second kappa shape index (κ2) is 24.8. The zero-order valence-electron chi connectivity index (χ0n) is 22.7. The van der Waals surface area contributed by atoms with Crippen LogP contribution in [-0.2, 0) is 16.0 Å². The van der Waals surface area contributed by atoms with E-state index in [2.05, 4.69) is 19.1 Å². The first-order chi connectivity index (χ1) is 17.3. The average Bonchev–Trinajstić information content (AvgIpc) is 2.88. The molecule has 1 unspecified atom stereocenters. The van der Waals surface area contributed by atoms with Crippen molar-refractivity contribution in [2.75, 3.05) is 25.6 Å². The van der Waals surface area contributed by atoms with Crippen LogP contribution < -0.4 is 0 Å². The molecule has 0 bridgehead atoms. The van der Waals surface area contributed by atoms with E-state index in [1.807, 2.05) is 18.2 Å². The summed E-state index contributed by atoms with van der Waals surface area (Å²) in [4.78, 5) is 12.1. The smallest absolute Gasteiger partial charge is 0.191 e. The monoisotopic (exact) mass is 506 g/mol. The third-order valence-corrected chi connectivity index (χ3v) is 7.86. The van der Waals surface area contributed by atoms with Gasteiger partial charge in [-0.1, -0.05) is 145 Å². The molecule has 1 aromatic rings. The van der Waals surface area contributed by atoms with E-state index in [1.54, 1.807) is 0 Å². The van der Waals surface area contributed by atoms with Gasteiger partial charge in [-0.2, -0.15) is 0 Å². The van der Waals surface area contributed by atoms with E-state index in [-0.39, 0.29) is 17.6 Å². The predicted molar refractivity (Wildman–Crippen MR) is 153 cm³/mol. The average molecular weight is 507 g/mol. The Balaban J connectivity index is 1.80. The number of carbonyl (C=O) groups is 1. The van der Waals surface area contributed by atoms with Gasteiger partial charge in [0.1, 0.15) is 0 Å². The van der Waals surface area contributed by atoms with Crippen molar-refractivity contribution >= 4 is 16.9 Å². The third-order valence-electron chi connectivity index (χ3n) is 6.70. The highest BCUT2D eigenvalue weighted by Crippen LogP contribution is 2.17. The highest BCUT2D eigenvalue weighted by Gasteiger charge is 2.12. The van der Waals surface area contributed by atoms with Gasteiger partial charge in [0, 0.05) is 25.4 Å². The van der Waals surface area contributed by atoms with Crippen LogP contribution in [0.25, 0.3) is 0 Å². The molecule has 1 rings (SSSR count). The maximum Gasteiger partial charge on any atom is 0.191 e. The van der Waals surface area contributed by atoms with Crippen molar-refractivity contribution < 1.29 is 14.6 Å². The molecular formula is C31H54O3S. The molecule has 4 heteroatoms. The predicted octanol–water partition coefficient (Wildman–Crippen LogP) is 8.77. The summed E-state index contributed by atoms with van der Waals surface area (Å²) >= 11 is 1.34. The maximum absolute atomic E-state index is 12.1. The fourth-order valence-electron chi connectivity index (χ4n) is 4.42. The van der Waals surface area contributed by atoms with Crippen LogP contribution in [0.2, 0.25) is 0 Å². The van der Waals surface area contributed by atoms with E-state index in [4.69, 9.17) is 4.74 Å². The molecule has 0 amide bonds. The van der Waals surface area contributed by atoms with Gasteiger partial charge in [0.05, 0.1) is 6.61 Å². The molecule has 1 atom stereocenters. The van der Waals surface area contributed by atoms with Crippen LogP contribution in [0, 0.1) is 5.92 Å². The molecular weight excluding hydrogens is 452 g/mol. The summed E-state index contributed by atoms with van der Waals surface area (Å²) in [7, 11) is 0. The van der Waals surface area contributed by atoms with Crippen molar-refractivity contribution in [1.29, 1.82) is 0 Å². The van der Waals surface area contributed by atoms with Gasteiger partial charge in [0.25, 0.3) is 0 Å². The summed E-state index contributed by atoms with van der Waals surface area (Å²) in [5.41, 5.74) is 1.21. The second-order valence-electron chi connectivity index (χ2n) is 10.1. The Hall–Kier alpha value is -0.840. The van der Waals surface area contributed by atoms with E-state index in [0.29, 0.717) is 18.8 Å². The molecule has 0 saturated carbocycles. The molecule has 0 spiro atoms. The summed E-state index contributed by atoms with van der Waals surface area (Å²) in [6.45, 7) is 3.69. The number of rotatable bonds is 25. The summed E-state index contributed by atoms with van der Waals surface area (Å²) in [6.07, 6.45) is 23.3. The first kappa shape index (κ1) is 32.2. The molecule has 0 heterocycles. The van der Waals surface area contributed by atoms with E-state index in [9.17, 15) is 9.90 Å². The number of thioether (sulfide) groups is 1. The van der Waals surface area contributed by atoms with Crippen molar-refractivity contribution in [2.45, 2.75) is 122 Å². The quantitative estimate of drug-likeness (QED) is 0.135. The van der Waals surface area contributed by atoms with Crippen molar-refractivity contribution in [3.8, 4) is 0 Å². The molecule has 3 nitrogen and oxygen atoms in total. The Bertz CT molecular complexity index is 578. The van der Waals surface area contributed by atoms with Crippen molar-refractivity contribution in [2.24, 2.45) is 5.92 Å². The lowest BCUT2D eigenvalue weighted by atomic mass is 10.0. The van der Waals surface area contributed by atoms with Crippen LogP contribution >= 0.6 is 11.8 Å². The van der Waals surface area contributed by atoms with Crippen LogP contribution in [-0.4, -0.2) is 35.8 Å². The number of hydrogen-bond acceptors (Lipinski definition) is 4. The minimum absolute atomic E-state index is 0.116. The molecule has 0 radical (unpaired) electrons. The second-order valence-corrected chi connectivity index (χ2v) is 11.2. The lowest BCUT2D eigenvalue weighted by molar-refractivity contribution is -0.112. The van der Waals surface area contributed by atoms with Gasteiger partial charge in [-0.15, -0.1) is 0 Å². The van der Waals surface area contributed by atoms with Crippen LogP contribution in [0.4, 0.5) is 0 Å². The zero-order chi connectivity index (χ0) is 25.2. The number of aliphatic hydroxyl groups is 1. The topological polar surface area (TPSA) is 46.5 Å². The van der Waals surface area contributed by atoms with Crippen molar-refractivity contribution in [3.05, 3.63) is 35.9 Å². The minimum Gasteiger partial charge on any atom is -0.396 e. The van der Waals surface area contributed by atoms with Crippen LogP contribution in [0.3, 0.4) is 0 Å². The van der Waals surface area contributed by atoms with Crippen molar-refractivity contribution in [3.63, 3.8) is 0 Å².